The number of nitrogens with two attached hydrogens (primary N) is 1. The first-order valence-corrected chi connectivity index (χ1v) is 5.34. The van der Waals surface area contributed by atoms with Crippen LogP contribution in [0.15, 0.2) is 6.20 Å². The summed E-state index contributed by atoms with van der Waals surface area (Å²) in [5.41, 5.74) is 10.4. The van der Waals surface area contributed by atoms with Crippen LogP contribution in [0.5, 0.6) is 0 Å². The second-order valence-corrected chi connectivity index (χ2v) is 5.15. The van der Waals surface area contributed by atoms with Gasteiger partial charge in [0.2, 0.25) is 0 Å². The van der Waals surface area contributed by atoms with E-state index in [4.69, 9.17) is 5.73 Å². The average molecular weight is 192 g/mol. The Morgan fingerprint density at radius 1 is 1.43 bits per heavy atom. The van der Waals surface area contributed by atoms with Crippen molar-refractivity contribution in [2.75, 3.05) is 6.54 Å². The van der Waals surface area contributed by atoms with Crippen LogP contribution in [0.1, 0.15) is 36.6 Å². The second kappa shape index (κ2) is 2.86. The molecule has 0 radical (unpaired) electrons. The molecule has 0 aromatic carbocycles. The number of rotatable bonds is 2. The number of aromatic amines is 1. The third-order valence-corrected chi connectivity index (χ3v) is 3.95. The number of aromatic nitrogens is 1. The Morgan fingerprint density at radius 2 is 2.07 bits per heavy atom. The quantitative estimate of drug-likeness (QED) is 0.742. The molecule has 78 valence electrons. The van der Waals surface area contributed by atoms with Crippen LogP contribution in [-0.2, 0) is 0 Å². The van der Waals surface area contributed by atoms with E-state index in [-0.39, 0.29) is 0 Å². The Kier molecular flexibility index (Phi) is 2.00. The monoisotopic (exact) mass is 192 g/mol. The molecule has 1 aromatic heterocycles. The zero-order valence-corrected chi connectivity index (χ0v) is 9.52. The van der Waals surface area contributed by atoms with E-state index in [1.54, 1.807) is 0 Å². The molecule has 1 aromatic rings. The fourth-order valence-corrected chi connectivity index (χ4v) is 2.90. The molecule has 0 spiro atoms. The van der Waals surface area contributed by atoms with Crippen LogP contribution in [0, 0.1) is 25.2 Å². The third-order valence-electron chi connectivity index (χ3n) is 3.95. The van der Waals surface area contributed by atoms with Crippen molar-refractivity contribution >= 4 is 0 Å². The van der Waals surface area contributed by atoms with Crippen LogP contribution in [0.2, 0.25) is 0 Å². The molecular formula is C12H20N2. The van der Waals surface area contributed by atoms with Gasteiger partial charge in [-0.3, -0.25) is 0 Å². The standard InChI is InChI=1S/C12H20N2/c1-7-6-14-8(2)10(7)11-9(5-13)12(11,3)4/h6,9,11,14H,5,13H2,1-4H3/t9-,11+/m0/s1. The summed E-state index contributed by atoms with van der Waals surface area (Å²) in [6, 6.07) is 0. The van der Waals surface area contributed by atoms with Crippen molar-refractivity contribution in [1.29, 1.82) is 0 Å². The Morgan fingerprint density at radius 3 is 2.43 bits per heavy atom. The highest BCUT2D eigenvalue weighted by Gasteiger charge is 2.58. The van der Waals surface area contributed by atoms with E-state index in [9.17, 15) is 0 Å². The first-order valence-electron chi connectivity index (χ1n) is 5.34. The fourth-order valence-electron chi connectivity index (χ4n) is 2.90. The summed E-state index contributed by atoms with van der Waals surface area (Å²) in [5, 5.41) is 0. The van der Waals surface area contributed by atoms with Gasteiger partial charge < -0.3 is 10.7 Å². The number of H-pyrrole nitrogens is 1. The highest BCUT2D eigenvalue weighted by Crippen LogP contribution is 2.64. The molecule has 1 saturated carbocycles. The Labute approximate surface area is 85.9 Å². The highest BCUT2D eigenvalue weighted by atomic mass is 14.8. The summed E-state index contributed by atoms with van der Waals surface area (Å²) < 4.78 is 0. The van der Waals surface area contributed by atoms with Crippen molar-refractivity contribution < 1.29 is 0 Å². The number of aryl methyl sites for hydroxylation is 2. The van der Waals surface area contributed by atoms with E-state index >= 15 is 0 Å². The summed E-state index contributed by atoms with van der Waals surface area (Å²) in [4.78, 5) is 3.30. The summed E-state index contributed by atoms with van der Waals surface area (Å²) >= 11 is 0. The van der Waals surface area contributed by atoms with Gasteiger partial charge in [-0.1, -0.05) is 13.8 Å². The predicted octanol–water partition coefficient (Wildman–Crippen LogP) is 2.33. The molecule has 14 heavy (non-hydrogen) atoms. The van der Waals surface area contributed by atoms with E-state index in [0.29, 0.717) is 17.3 Å². The van der Waals surface area contributed by atoms with Gasteiger partial charge in [-0.15, -0.1) is 0 Å². The minimum absolute atomic E-state index is 0.395. The number of hydrogen-bond acceptors (Lipinski definition) is 1. The molecule has 2 nitrogen and oxygen atoms in total. The van der Waals surface area contributed by atoms with Gasteiger partial charge in [0.15, 0.2) is 0 Å². The van der Waals surface area contributed by atoms with Crippen molar-refractivity contribution in [2.24, 2.45) is 17.1 Å². The Bertz CT molecular complexity index is 330. The molecule has 2 rings (SSSR count). The molecule has 2 atom stereocenters. The van der Waals surface area contributed by atoms with Crippen molar-refractivity contribution in [2.45, 2.75) is 33.6 Å². The third kappa shape index (κ3) is 1.13. The van der Waals surface area contributed by atoms with Crippen LogP contribution in [0.4, 0.5) is 0 Å². The maximum Gasteiger partial charge on any atom is 0.0154 e. The minimum Gasteiger partial charge on any atom is -0.365 e. The maximum atomic E-state index is 5.80. The minimum atomic E-state index is 0.395. The van der Waals surface area contributed by atoms with Gasteiger partial charge in [0.05, 0.1) is 0 Å². The van der Waals surface area contributed by atoms with Crippen LogP contribution >= 0.6 is 0 Å². The van der Waals surface area contributed by atoms with Gasteiger partial charge in [-0.05, 0) is 48.8 Å². The molecule has 0 aliphatic heterocycles. The van der Waals surface area contributed by atoms with Crippen LogP contribution in [0.3, 0.4) is 0 Å². The maximum absolute atomic E-state index is 5.80. The molecular weight excluding hydrogens is 172 g/mol. The van der Waals surface area contributed by atoms with Gasteiger partial charge in [-0.25, -0.2) is 0 Å². The molecule has 2 heteroatoms. The first kappa shape index (κ1) is 9.78. The smallest absolute Gasteiger partial charge is 0.0154 e. The zero-order chi connectivity index (χ0) is 10.5. The largest absolute Gasteiger partial charge is 0.365 e. The van der Waals surface area contributed by atoms with E-state index in [2.05, 4.69) is 38.9 Å². The van der Waals surface area contributed by atoms with Gasteiger partial charge in [0.1, 0.15) is 0 Å². The van der Waals surface area contributed by atoms with Crippen molar-refractivity contribution in [3.63, 3.8) is 0 Å². The lowest BCUT2D eigenvalue weighted by molar-refractivity contribution is 0.558. The van der Waals surface area contributed by atoms with Gasteiger partial charge in [0.25, 0.3) is 0 Å². The molecule has 1 aliphatic rings. The highest BCUT2D eigenvalue weighted by molar-refractivity contribution is 5.40. The van der Waals surface area contributed by atoms with Crippen LogP contribution < -0.4 is 5.73 Å². The lowest BCUT2D eigenvalue weighted by atomic mass is 10.0. The molecule has 1 fully saturated rings. The summed E-state index contributed by atoms with van der Waals surface area (Å²) in [5.74, 6) is 1.33. The van der Waals surface area contributed by atoms with Gasteiger partial charge in [0, 0.05) is 11.9 Å². The lowest BCUT2D eigenvalue weighted by Gasteiger charge is -2.03. The molecule has 3 N–H and O–H groups in total. The van der Waals surface area contributed by atoms with Crippen molar-refractivity contribution in [3.05, 3.63) is 23.0 Å². The molecule has 0 saturated heterocycles. The number of hydrogen-bond donors (Lipinski definition) is 2. The van der Waals surface area contributed by atoms with E-state index in [0.717, 1.165) is 6.54 Å². The Hall–Kier alpha value is -0.760. The summed E-state index contributed by atoms with van der Waals surface area (Å²) in [7, 11) is 0. The van der Waals surface area contributed by atoms with Gasteiger partial charge >= 0.3 is 0 Å². The van der Waals surface area contributed by atoms with E-state index in [1.165, 1.54) is 16.8 Å². The molecule has 0 amide bonds. The van der Waals surface area contributed by atoms with Gasteiger partial charge in [-0.2, -0.15) is 0 Å². The molecule has 1 heterocycles. The van der Waals surface area contributed by atoms with E-state index < -0.39 is 0 Å². The first-order chi connectivity index (χ1) is 6.50. The Balaban J connectivity index is 2.35. The summed E-state index contributed by atoms with van der Waals surface area (Å²) in [6.45, 7) is 9.79. The molecule has 0 bridgehead atoms. The second-order valence-electron chi connectivity index (χ2n) is 5.15. The lowest BCUT2D eigenvalue weighted by Crippen LogP contribution is -2.05. The predicted molar refractivity (Wildman–Crippen MR) is 59.3 cm³/mol. The zero-order valence-electron chi connectivity index (χ0n) is 9.52. The van der Waals surface area contributed by atoms with Crippen molar-refractivity contribution in [1.82, 2.24) is 4.98 Å². The molecule has 1 aliphatic carbocycles. The summed E-state index contributed by atoms with van der Waals surface area (Å²) in [6.07, 6.45) is 2.10. The number of nitrogens with one attached hydrogen (secondary N) is 1. The normalized spacial score (nSPS) is 29.2. The fraction of sp³-hybridized carbons (Fsp3) is 0.667. The van der Waals surface area contributed by atoms with Crippen LogP contribution in [-0.4, -0.2) is 11.5 Å². The van der Waals surface area contributed by atoms with Crippen molar-refractivity contribution in [3.8, 4) is 0 Å². The average Bonchev–Trinajstić information content (AvgIpc) is 2.48. The van der Waals surface area contributed by atoms with E-state index in [1.807, 2.05) is 0 Å². The SMILES string of the molecule is Cc1c[nH]c(C)c1[C@H]1[C@H](CN)C1(C)C. The topological polar surface area (TPSA) is 41.8 Å². The molecule has 0 unspecified atom stereocenters. The van der Waals surface area contributed by atoms with Crippen LogP contribution in [0.25, 0.3) is 0 Å².